The minimum atomic E-state index is 0.174. The van der Waals surface area contributed by atoms with Gasteiger partial charge in [-0.05, 0) is 57.6 Å². The molecule has 1 amide bonds. The zero-order valence-corrected chi connectivity index (χ0v) is 14.0. The van der Waals surface area contributed by atoms with E-state index < -0.39 is 0 Å². The average molecular weight is 301 g/mol. The molecular weight excluding hydrogens is 272 g/mol. The first-order chi connectivity index (χ1) is 10.6. The number of hydrogen-bond acceptors (Lipinski definition) is 1. The molecule has 3 atom stereocenters. The molecule has 1 saturated carbocycles. The normalized spacial score (nSPS) is 28.0. The number of nitrogens with one attached hydrogen (secondary N) is 2. The van der Waals surface area contributed by atoms with Gasteiger partial charge in [0.25, 0.3) is 5.91 Å². The Labute approximate surface area is 134 Å². The van der Waals surface area contributed by atoms with Crippen molar-refractivity contribution >= 4 is 11.6 Å². The lowest BCUT2D eigenvalue weighted by molar-refractivity contribution is -0.928. The summed E-state index contributed by atoms with van der Waals surface area (Å²) in [5, 5.41) is 3.12. The number of hydrogen-bond donors (Lipinski definition) is 2. The predicted molar refractivity (Wildman–Crippen MR) is 90.2 cm³/mol. The lowest BCUT2D eigenvalue weighted by Crippen LogP contribution is -3.18. The minimum absolute atomic E-state index is 0.174. The van der Waals surface area contributed by atoms with Crippen LogP contribution in [0.15, 0.2) is 18.2 Å². The number of benzene rings is 1. The fourth-order valence-electron chi connectivity index (χ4n) is 4.44. The van der Waals surface area contributed by atoms with Crippen molar-refractivity contribution in [2.24, 2.45) is 5.92 Å². The maximum atomic E-state index is 12.5. The van der Waals surface area contributed by atoms with Gasteiger partial charge >= 0.3 is 0 Å². The SMILES string of the molecule is Cc1ccc(NC(=O)C[NH+]2CCC[C@H]3CCCC[C@@H]32)c(C)c1. The van der Waals surface area contributed by atoms with Crippen molar-refractivity contribution in [1.82, 2.24) is 0 Å². The van der Waals surface area contributed by atoms with Gasteiger partial charge in [0.2, 0.25) is 0 Å². The van der Waals surface area contributed by atoms with Gasteiger partial charge in [0, 0.05) is 11.6 Å². The van der Waals surface area contributed by atoms with E-state index in [1.807, 2.05) is 6.07 Å². The van der Waals surface area contributed by atoms with Crippen LogP contribution in [0.1, 0.15) is 49.7 Å². The summed E-state index contributed by atoms with van der Waals surface area (Å²) >= 11 is 0. The number of rotatable bonds is 3. The van der Waals surface area contributed by atoms with E-state index in [9.17, 15) is 4.79 Å². The number of fused-ring (bicyclic) bond motifs is 1. The van der Waals surface area contributed by atoms with Crippen molar-refractivity contribution in [3.63, 3.8) is 0 Å². The van der Waals surface area contributed by atoms with Crippen molar-refractivity contribution < 1.29 is 9.69 Å². The van der Waals surface area contributed by atoms with Gasteiger partial charge in [-0.15, -0.1) is 0 Å². The molecule has 0 aromatic heterocycles. The molecule has 120 valence electrons. The van der Waals surface area contributed by atoms with Gasteiger partial charge in [0.1, 0.15) is 0 Å². The molecule has 1 aromatic carbocycles. The van der Waals surface area contributed by atoms with Gasteiger partial charge in [0.05, 0.1) is 12.6 Å². The standard InChI is InChI=1S/C19H28N2O/c1-14-9-10-17(15(2)12-14)20-19(22)13-21-11-5-7-16-6-3-4-8-18(16)21/h9-10,12,16,18H,3-8,11,13H2,1-2H3,(H,20,22)/p+1/t16-,18+/m1/s1. The number of quaternary nitrogens is 1. The first-order valence-electron chi connectivity index (χ1n) is 8.85. The number of piperidine rings is 1. The van der Waals surface area contributed by atoms with E-state index in [2.05, 4.69) is 31.3 Å². The number of carbonyl (C=O) groups excluding carboxylic acids is 1. The van der Waals surface area contributed by atoms with Crippen LogP contribution in [0.25, 0.3) is 0 Å². The Kier molecular flexibility index (Phi) is 4.82. The zero-order valence-electron chi connectivity index (χ0n) is 14.0. The van der Waals surface area contributed by atoms with Crippen LogP contribution in [0.3, 0.4) is 0 Å². The molecule has 0 bridgehead atoms. The van der Waals surface area contributed by atoms with E-state index in [4.69, 9.17) is 0 Å². The first kappa shape index (κ1) is 15.5. The molecule has 0 spiro atoms. The van der Waals surface area contributed by atoms with Crippen LogP contribution in [-0.4, -0.2) is 25.0 Å². The molecule has 2 fully saturated rings. The fourth-order valence-corrected chi connectivity index (χ4v) is 4.44. The highest BCUT2D eigenvalue weighted by Crippen LogP contribution is 2.28. The zero-order chi connectivity index (χ0) is 15.5. The van der Waals surface area contributed by atoms with Crippen LogP contribution in [0.5, 0.6) is 0 Å². The van der Waals surface area contributed by atoms with Crippen LogP contribution in [0.4, 0.5) is 5.69 Å². The molecule has 1 saturated heterocycles. The van der Waals surface area contributed by atoms with Gasteiger partial charge < -0.3 is 10.2 Å². The number of likely N-dealkylation sites (tertiary alicyclic amines) is 1. The lowest BCUT2D eigenvalue weighted by Gasteiger charge is -2.40. The van der Waals surface area contributed by atoms with Crippen LogP contribution in [-0.2, 0) is 4.79 Å². The molecular formula is C19H29N2O+. The highest BCUT2D eigenvalue weighted by atomic mass is 16.2. The van der Waals surface area contributed by atoms with E-state index in [-0.39, 0.29) is 5.91 Å². The molecule has 2 aliphatic rings. The number of anilines is 1. The van der Waals surface area contributed by atoms with Crippen molar-refractivity contribution in [2.45, 2.75) is 58.4 Å². The van der Waals surface area contributed by atoms with Crippen LogP contribution in [0.2, 0.25) is 0 Å². The second-order valence-corrected chi connectivity index (χ2v) is 7.24. The highest BCUT2D eigenvalue weighted by Gasteiger charge is 2.37. The Bertz CT molecular complexity index is 538. The van der Waals surface area contributed by atoms with E-state index in [1.165, 1.54) is 55.5 Å². The summed E-state index contributed by atoms with van der Waals surface area (Å²) in [7, 11) is 0. The van der Waals surface area contributed by atoms with E-state index in [0.717, 1.165) is 23.2 Å². The fraction of sp³-hybridized carbons (Fsp3) is 0.632. The van der Waals surface area contributed by atoms with Gasteiger partial charge in [-0.3, -0.25) is 4.79 Å². The Balaban J connectivity index is 1.61. The lowest BCUT2D eigenvalue weighted by atomic mass is 9.78. The molecule has 22 heavy (non-hydrogen) atoms. The summed E-state index contributed by atoms with van der Waals surface area (Å²) in [6.45, 7) is 5.95. The Morgan fingerprint density at radius 3 is 2.77 bits per heavy atom. The quantitative estimate of drug-likeness (QED) is 0.883. The summed E-state index contributed by atoms with van der Waals surface area (Å²) in [6.07, 6.45) is 8.11. The summed E-state index contributed by atoms with van der Waals surface area (Å²) in [5.41, 5.74) is 3.35. The number of carbonyl (C=O) groups is 1. The van der Waals surface area contributed by atoms with Crippen molar-refractivity contribution in [3.8, 4) is 0 Å². The Hall–Kier alpha value is -1.35. The molecule has 0 radical (unpaired) electrons. The van der Waals surface area contributed by atoms with Crippen molar-refractivity contribution in [3.05, 3.63) is 29.3 Å². The number of aryl methyl sites for hydroxylation is 2. The van der Waals surface area contributed by atoms with Crippen molar-refractivity contribution in [2.75, 3.05) is 18.4 Å². The molecule has 2 N–H and O–H groups in total. The number of amides is 1. The predicted octanol–water partition coefficient (Wildman–Crippen LogP) is 2.48. The highest BCUT2D eigenvalue weighted by molar-refractivity contribution is 5.92. The largest absolute Gasteiger partial charge is 0.324 e. The maximum absolute atomic E-state index is 12.5. The van der Waals surface area contributed by atoms with Crippen LogP contribution in [0, 0.1) is 19.8 Å². The van der Waals surface area contributed by atoms with Crippen LogP contribution < -0.4 is 10.2 Å². The molecule has 1 aliphatic heterocycles. The Morgan fingerprint density at radius 1 is 1.18 bits per heavy atom. The third kappa shape index (κ3) is 3.52. The molecule has 1 unspecified atom stereocenters. The minimum Gasteiger partial charge on any atom is -0.324 e. The molecule has 1 aromatic rings. The maximum Gasteiger partial charge on any atom is 0.279 e. The van der Waals surface area contributed by atoms with Crippen molar-refractivity contribution in [1.29, 1.82) is 0 Å². The van der Waals surface area contributed by atoms with Gasteiger partial charge in [-0.1, -0.05) is 24.1 Å². The summed E-state index contributed by atoms with van der Waals surface area (Å²) in [4.78, 5) is 14.0. The summed E-state index contributed by atoms with van der Waals surface area (Å²) in [5.74, 6) is 1.04. The molecule has 3 heteroatoms. The molecule has 3 nitrogen and oxygen atoms in total. The molecule has 3 rings (SSSR count). The average Bonchev–Trinajstić information content (AvgIpc) is 2.50. The topological polar surface area (TPSA) is 33.5 Å². The summed E-state index contributed by atoms with van der Waals surface area (Å²) < 4.78 is 0. The first-order valence-corrected chi connectivity index (χ1v) is 8.85. The smallest absolute Gasteiger partial charge is 0.279 e. The van der Waals surface area contributed by atoms with Gasteiger partial charge in [0.15, 0.2) is 6.54 Å². The third-order valence-corrected chi connectivity index (χ3v) is 5.55. The second-order valence-electron chi connectivity index (χ2n) is 7.24. The van der Waals surface area contributed by atoms with E-state index >= 15 is 0 Å². The Morgan fingerprint density at radius 2 is 1.95 bits per heavy atom. The third-order valence-electron chi connectivity index (χ3n) is 5.55. The van der Waals surface area contributed by atoms with Gasteiger partial charge in [-0.25, -0.2) is 0 Å². The van der Waals surface area contributed by atoms with Gasteiger partial charge in [-0.2, -0.15) is 0 Å². The van der Waals surface area contributed by atoms with Crippen LogP contribution >= 0.6 is 0 Å². The molecule has 1 aliphatic carbocycles. The van der Waals surface area contributed by atoms with E-state index in [1.54, 1.807) is 0 Å². The molecule has 1 heterocycles. The summed E-state index contributed by atoms with van der Waals surface area (Å²) in [6, 6.07) is 6.94. The van der Waals surface area contributed by atoms with E-state index in [0.29, 0.717) is 6.54 Å². The monoisotopic (exact) mass is 301 g/mol. The second kappa shape index (κ2) is 6.82.